The fourth-order valence-electron chi connectivity index (χ4n) is 9.42. The normalized spacial score (nSPS) is 20.5. The number of aliphatic hydroxyl groups excluding tert-OH is 2. The topological polar surface area (TPSA) is 172 Å². The minimum atomic E-state index is -2.18. The maximum absolute atomic E-state index is 12.7. The predicted octanol–water partition coefficient (Wildman–Crippen LogP) is 8.99. The third-order valence-electron chi connectivity index (χ3n) is 13.0. The second-order valence-electron chi connectivity index (χ2n) is 18.6. The number of nitrogens with one attached hydrogen (secondary N) is 2. The first kappa shape index (κ1) is 50.4. The minimum Gasteiger partial charge on any atom is -0.391 e. The first-order chi connectivity index (χ1) is 31.2. The predicted molar refractivity (Wildman–Crippen MR) is 277 cm³/mol. The smallest absolute Gasteiger partial charge is 0.322 e. The maximum atomic E-state index is 12.7. The van der Waals surface area contributed by atoms with E-state index < -0.39 is 30.6 Å². The monoisotopic (exact) mass is 1150 g/mol. The fraction of sp³-hybridized carbons (Fsp3) is 0.458. The molecule has 6 aromatic rings. The van der Waals surface area contributed by atoms with Crippen molar-refractivity contribution in [3.8, 4) is 0 Å². The molecule has 16 nitrogen and oxygen atoms in total. The Morgan fingerprint density at radius 2 is 1.18 bits per heavy atom. The third-order valence-corrected chi connectivity index (χ3v) is 20.1. The Bertz CT molecular complexity index is 2730. The Morgan fingerprint density at radius 3 is 1.66 bits per heavy atom. The molecule has 2 aromatic carbocycles. The van der Waals surface area contributed by atoms with Gasteiger partial charge in [-0.3, -0.25) is 0 Å². The van der Waals surface area contributed by atoms with E-state index in [1.807, 2.05) is 30.6 Å². The van der Waals surface area contributed by atoms with Crippen molar-refractivity contribution < 1.29 is 19.8 Å². The second kappa shape index (κ2) is 21.0. The van der Waals surface area contributed by atoms with Crippen molar-refractivity contribution >= 4 is 100 Å². The van der Waals surface area contributed by atoms with Crippen molar-refractivity contribution in [2.45, 2.75) is 99.4 Å². The minimum absolute atomic E-state index is 0. The molecule has 67 heavy (non-hydrogen) atoms. The van der Waals surface area contributed by atoms with Gasteiger partial charge < -0.3 is 25.3 Å². The average Bonchev–Trinajstić information content (AvgIpc) is 4.15. The van der Waals surface area contributed by atoms with Gasteiger partial charge in [-0.15, -0.1) is 0 Å². The number of hydrogen-bond donors (Lipinski definition) is 4. The van der Waals surface area contributed by atoms with Crippen LogP contribution in [-0.2, 0) is 0 Å². The number of nitrogens with zero attached hydrogens (tertiary/aromatic N) is 10. The van der Waals surface area contributed by atoms with E-state index in [4.69, 9.17) is 9.97 Å². The van der Waals surface area contributed by atoms with Gasteiger partial charge in [-0.2, -0.15) is 5.10 Å². The van der Waals surface area contributed by atoms with Crippen LogP contribution in [0.25, 0.3) is 11.3 Å². The van der Waals surface area contributed by atoms with Crippen LogP contribution in [0.15, 0.2) is 82.3 Å². The summed E-state index contributed by atoms with van der Waals surface area (Å²) in [6.45, 7) is 5.88. The number of aryl methyl sites for hydroxylation is 1. The number of carbonyl (C=O) groups excluding carboxylic acids is 2. The molecule has 4 amide bonds. The number of amides is 4. The standard InChI is InChI=1S/C22H25N6O2.C21H22Br2N6O2.2CH4.3CH3.Sn/c1-15-5-2-3-6-17(15)19-7-4-10-27(19)20-9-12-28-21(25-20)18(13-23-28)24-22(30)26-11-8-16(29)14-26;22-13-3-4-16(23)15(10-13)18-2-1-7-28(18)19-6-9-29-20(26-19)17(11-24-29)25-21(31)27-8-5-14(30)12-27;;;;;;/h2,5-6,9,12-13,16,19,29H,4,7-8,10-11,14H2,1H3,(H,24,30);3-4,6,9-11,14,18,30H,1-2,5,7-8,12H2,(H,25,31);2*1H4;3*1H3;/t16-,19+;14-,18+;;;;;;/m00....../s1. The van der Waals surface area contributed by atoms with E-state index in [2.05, 4.69) is 115 Å². The molecule has 4 atom stereocenters. The number of halogens is 2. The van der Waals surface area contributed by atoms with Crippen molar-refractivity contribution in [2.24, 2.45) is 0 Å². The summed E-state index contributed by atoms with van der Waals surface area (Å²) in [5.74, 6) is 1.76. The summed E-state index contributed by atoms with van der Waals surface area (Å²) in [6, 6.07) is 17.4. The van der Waals surface area contributed by atoms with E-state index in [9.17, 15) is 19.8 Å². The Morgan fingerprint density at radius 1 is 0.672 bits per heavy atom. The van der Waals surface area contributed by atoms with Crippen molar-refractivity contribution in [3.63, 3.8) is 0 Å². The molecule has 0 aliphatic carbocycles. The number of likely N-dealkylation sites (tertiary alicyclic amines) is 2. The molecule has 4 fully saturated rings. The third kappa shape index (κ3) is 10.9. The summed E-state index contributed by atoms with van der Waals surface area (Å²) in [5, 5.41) is 34.0. The molecule has 19 heteroatoms. The largest absolute Gasteiger partial charge is 0.391 e. The Kier molecular flexibility index (Phi) is 15.8. The molecule has 4 aromatic heterocycles. The number of β-amino-alcohol motifs (C(OH)–C–C–N with tert-alkyl or cyclic N) is 2. The second-order valence-corrected chi connectivity index (χ2v) is 34.8. The van der Waals surface area contributed by atoms with E-state index in [1.54, 1.807) is 34.8 Å². The van der Waals surface area contributed by atoms with Crippen molar-refractivity contribution in [1.29, 1.82) is 0 Å². The van der Waals surface area contributed by atoms with Gasteiger partial charge >= 0.3 is 181 Å². The molecule has 8 heterocycles. The molecular formula is C48H64Br2N12O4Sn. The van der Waals surface area contributed by atoms with Gasteiger partial charge in [0.2, 0.25) is 0 Å². The number of fused-ring (bicyclic) bond motifs is 2. The van der Waals surface area contributed by atoms with Gasteiger partial charge in [0.25, 0.3) is 0 Å². The zero-order chi connectivity index (χ0) is 45.6. The Balaban J connectivity index is 0.000000194. The number of anilines is 4. The number of aliphatic hydroxyl groups is 2. The molecule has 0 saturated carbocycles. The number of carbonyl (C=O) groups is 2. The van der Waals surface area contributed by atoms with Gasteiger partial charge in [-0.25, -0.2) is 14.3 Å². The van der Waals surface area contributed by atoms with Gasteiger partial charge in [0.15, 0.2) is 5.65 Å². The first-order valence-corrected chi connectivity index (χ1v) is 34.0. The Labute approximate surface area is 414 Å². The van der Waals surface area contributed by atoms with E-state index in [-0.39, 0.29) is 33.0 Å². The summed E-state index contributed by atoms with van der Waals surface area (Å²) < 4.78 is 7.05. The van der Waals surface area contributed by atoms with E-state index >= 15 is 0 Å². The molecule has 0 spiro atoms. The van der Waals surface area contributed by atoms with Crippen LogP contribution in [0.2, 0.25) is 14.8 Å². The molecular weight excluding hydrogens is 1090 g/mol. The molecule has 4 N–H and O–H groups in total. The van der Waals surface area contributed by atoms with E-state index in [0.29, 0.717) is 67.7 Å². The summed E-state index contributed by atoms with van der Waals surface area (Å²) in [7, 11) is 0. The maximum Gasteiger partial charge on any atom is 0.322 e. The van der Waals surface area contributed by atoms with E-state index in [1.165, 1.54) is 16.7 Å². The van der Waals surface area contributed by atoms with Gasteiger partial charge in [-0.05, 0) is 55.5 Å². The fourth-order valence-corrected chi connectivity index (χ4v) is 13.7. The molecule has 0 radical (unpaired) electrons. The van der Waals surface area contributed by atoms with Crippen LogP contribution in [0, 0.1) is 6.92 Å². The van der Waals surface area contributed by atoms with Gasteiger partial charge in [0.1, 0.15) is 11.5 Å². The molecule has 4 saturated heterocycles. The summed E-state index contributed by atoms with van der Waals surface area (Å²) in [6.07, 6.45) is 11.7. The van der Waals surface area contributed by atoms with Crippen LogP contribution < -0.4 is 24.0 Å². The van der Waals surface area contributed by atoms with Crippen molar-refractivity contribution in [3.05, 3.63) is 99.0 Å². The van der Waals surface area contributed by atoms with Crippen LogP contribution in [0.4, 0.5) is 32.6 Å². The van der Waals surface area contributed by atoms with Gasteiger partial charge in [-0.1, -0.05) is 46.7 Å². The molecule has 0 unspecified atom stereocenters. The van der Waals surface area contributed by atoms with Crippen LogP contribution in [0.3, 0.4) is 0 Å². The van der Waals surface area contributed by atoms with Crippen LogP contribution in [0.1, 0.15) is 82.2 Å². The molecule has 4 aliphatic heterocycles. The summed E-state index contributed by atoms with van der Waals surface area (Å²) in [5.41, 5.74) is 6.36. The van der Waals surface area contributed by atoms with Crippen LogP contribution in [0.5, 0.6) is 0 Å². The molecule has 10 rings (SSSR count). The van der Waals surface area contributed by atoms with E-state index in [0.717, 1.165) is 59.4 Å². The quantitative estimate of drug-likeness (QED) is 0.113. The SMILES string of the molecule is C.C.Cc1cc[c]([Sn]([CH3])([CH3])[CH3])cc1[C@H]1CCCN1c1ccn2ncc(NC(=O)N3CC[C@H](O)C3)c2n1.O=C(Nc1cnn2ccc(N3CCC[C@@H]3c3cc(Br)ccc3Br)nc12)N1CC[C@H](O)C1. The molecule has 4 aliphatic rings. The van der Waals surface area contributed by atoms with Crippen LogP contribution >= 0.6 is 31.9 Å². The van der Waals surface area contributed by atoms with Crippen molar-refractivity contribution in [2.75, 3.05) is 59.7 Å². The van der Waals surface area contributed by atoms with Crippen molar-refractivity contribution in [1.82, 2.24) is 39.0 Å². The average molecular weight is 1150 g/mol. The summed E-state index contributed by atoms with van der Waals surface area (Å²) in [4.78, 5) is 50.4. The molecule has 0 bridgehead atoms. The summed E-state index contributed by atoms with van der Waals surface area (Å²) >= 11 is 5.10. The number of rotatable bonds is 7. The molecule has 358 valence electrons. The Hall–Kier alpha value is -4.50. The zero-order valence-corrected chi connectivity index (χ0v) is 43.2. The first-order valence-electron chi connectivity index (χ1n) is 22.5. The number of urea groups is 2. The van der Waals surface area contributed by atoms with Gasteiger partial charge in [0.05, 0.1) is 24.4 Å². The number of hydrogen-bond acceptors (Lipinski definition) is 10. The zero-order valence-electron chi connectivity index (χ0n) is 37.2. The van der Waals surface area contributed by atoms with Crippen LogP contribution in [-0.4, -0.2) is 131 Å². The number of benzene rings is 2. The number of aromatic nitrogens is 6. The van der Waals surface area contributed by atoms with Gasteiger partial charge in [0, 0.05) is 47.9 Å².